The predicted molar refractivity (Wildman–Crippen MR) is 274 cm³/mol. The summed E-state index contributed by atoms with van der Waals surface area (Å²) in [4.78, 5) is 4.91. The number of rotatable bonds is 6. The van der Waals surface area contributed by atoms with Gasteiger partial charge in [-0.25, -0.2) is 4.98 Å². The third kappa shape index (κ3) is 7.03. The summed E-state index contributed by atoms with van der Waals surface area (Å²) < 4.78 is 85.4. The SMILES string of the molecule is [2H]c1c([2H])c([2H])c2c(c1[2H])c1c([2H])c([2H])c([2H])c([2H])c1n2-c1ccc2c(c1)c1ccc(Oc3cccc(-n4c[n+](-c5cc(C(C)(C)C)cc(C(C)(C)C)c5)c5ccccc54)c3)cc1n2-c1cc(C(C)(C)C)ccn1. The molecule has 0 spiro atoms. The Bertz CT molecular complexity index is 4060. The summed E-state index contributed by atoms with van der Waals surface area (Å²) in [7, 11) is 0. The van der Waals surface area contributed by atoms with Crippen LogP contribution >= 0.6 is 0 Å². The van der Waals surface area contributed by atoms with Crippen molar-refractivity contribution >= 4 is 54.6 Å². The lowest BCUT2D eigenvalue weighted by Crippen LogP contribution is -2.31. The first kappa shape index (κ1) is 33.1. The van der Waals surface area contributed by atoms with E-state index in [4.69, 9.17) is 20.7 Å². The highest BCUT2D eigenvalue weighted by atomic mass is 16.5. The van der Waals surface area contributed by atoms with E-state index >= 15 is 0 Å². The average molecular weight is 871 g/mol. The van der Waals surface area contributed by atoms with Crippen LogP contribution in [0.4, 0.5) is 0 Å². The minimum atomic E-state index is -0.485. The summed E-state index contributed by atoms with van der Waals surface area (Å²) in [5.74, 6) is 1.90. The van der Waals surface area contributed by atoms with Crippen LogP contribution in [0, 0.1) is 0 Å². The second-order valence-electron chi connectivity index (χ2n) is 20.4. The van der Waals surface area contributed by atoms with Crippen molar-refractivity contribution in [2.45, 2.75) is 78.6 Å². The molecule has 0 aliphatic rings. The van der Waals surface area contributed by atoms with Crippen molar-refractivity contribution in [2.75, 3.05) is 0 Å². The fraction of sp³-hybridized carbons (Fsp3) is 0.200. The van der Waals surface area contributed by atoms with E-state index in [1.54, 1.807) is 4.57 Å². The van der Waals surface area contributed by atoms with Crippen molar-refractivity contribution in [2.24, 2.45) is 0 Å². The molecule has 4 heterocycles. The summed E-state index contributed by atoms with van der Waals surface area (Å²) in [5.41, 5.74) is 9.64. The number of fused-ring (bicyclic) bond motifs is 7. The molecule has 0 amide bonds. The van der Waals surface area contributed by atoms with Crippen LogP contribution in [0.1, 0.15) is 90.0 Å². The number of pyridine rings is 1. The summed E-state index contributed by atoms with van der Waals surface area (Å²) >= 11 is 0. The maximum Gasteiger partial charge on any atom is 0.255 e. The van der Waals surface area contributed by atoms with E-state index in [-0.39, 0.29) is 62.2 Å². The minimum absolute atomic E-state index is 0.0271. The number of imidazole rings is 1. The highest BCUT2D eigenvalue weighted by Crippen LogP contribution is 2.39. The number of nitrogens with zero attached hydrogens (tertiary/aromatic N) is 5. The van der Waals surface area contributed by atoms with E-state index in [0.717, 1.165) is 49.8 Å². The molecule has 11 aromatic rings. The number of ether oxygens (including phenoxy) is 1. The zero-order chi connectivity index (χ0) is 52.7. The molecule has 0 fully saturated rings. The molecule has 326 valence electrons. The largest absolute Gasteiger partial charge is 0.457 e. The quantitative estimate of drug-likeness (QED) is 0.156. The Morgan fingerprint density at radius 2 is 1.15 bits per heavy atom. The van der Waals surface area contributed by atoms with Crippen molar-refractivity contribution in [3.63, 3.8) is 0 Å². The van der Waals surface area contributed by atoms with Gasteiger partial charge in [0.05, 0.1) is 33.0 Å². The third-order valence-electron chi connectivity index (χ3n) is 12.7. The van der Waals surface area contributed by atoms with Crippen LogP contribution in [0.15, 0.2) is 176 Å². The maximum absolute atomic E-state index is 9.12. The first-order chi connectivity index (χ1) is 34.9. The average Bonchev–Trinajstić information content (AvgIpc) is 4.06. The summed E-state index contributed by atoms with van der Waals surface area (Å²) in [6, 6.07) is 35.7. The Morgan fingerprint density at radius 3 is 1.85 bits per heavy atom. The second kappa shape index (κ2) is 15.1. The molecular weight excluding hydrogens is 807 g/mol. The van der Waals surface area contributed by atoms with Crippen molar-refractivity contribution in [1.82, 2.24) is 18.7 Å². The van der Waals surface area contributed by atoms with E-state index in [9.17, 15) is 0 Å². The fourth-order valence-electron chi connectivity index (χ4n) is 9.10. The van der Waals surface area contributed by atoms with Gasteiger partial charge in [-0.3, -0.25) is 4.57 Å². The van der Waals surface area contributed by atoms with Gasteiger partial charge in [-0.15, -0.1) is 0 Å². The standard InChI is InChI=1S/C60H56N5O/c1-58(2,3)39-29-30-61-57(34-39)65-53-28-25-43(64-51-21-12-10-19-47(51)48-20-11-13-22-52(48)64)36-50(53)49-27-26-46(37-56(49)65)66-45-18-16-17-42(35-45)62-38-63(55-24-15-14-23-54(55)62)44-32-40(59(4,5)6)31-41(33-44)60(7,8)9/h10-38H,1-9H3/q+1/i10D,11D,12D,13D,19D,20D,21D,22D. The van der Waals surface area contributed by atoms with Crippen molar-refractivity contribution in [3.05, 3.63) is 193 Å². The van der Waals surface area contributed by atoms with Crippen molar-refractivity contribution in [1.29, 1.82) is 0 Å². The van der Waals surface area contributed by atoms with Crippen molar-refractivity contribution in [3.8, 4) is 34.4 Å². The van der Waals surface area contributed by atoms with Crippen LogP contribution in [-0.4, -0.2) is 18.7 Å². The third-order valence-corrected chi connectivity index (χ3v) is 12.7. The van der Waals surface area contributed by atoms with Gasteiger partial charge in [-0.05, 0) is 124 Å². The lowest BCUT2D eigenvalue weighted by Gasteiger charge is -2.25. The number of hydrogen-bond donors (Lipinski definition) is 0. The molecule has 0 radical (unpaired) electrons. The molecule has 0 aliphatic heterocycles. The Labute approximate surface area is 398 Å². The molecule has 0 unspecified atom stereocenters. The number of para-hydroxylation sites is 4. The van der Waals surface area contributed by atoms with Gasteiger partial charge in [0.1, 0.15) is 28.7 Å². The normalized spacial score (nSPS) is 14.3. The molecule has 7 aromatic carbocycles. The molecule has 6 nitrogen and oxygen atoms in total. The molecule has 11 rings (SSSR count). The Kier molecular flexibility index (Phi) is 7.56. The molecule has 0 atom stereocenters. The number of hydrogen-bond acceptors (Lipinski definition) is 2. The topological polar surface area (TPSA) is 40.8 Å². The van der Waals surface area contributed by atoms with Gasteiger partial charge in [-0.1, -0.05) is 123 Å². The minimum Gasteiger partial charge on any atom is -0.457 e. The number of aromatic nitrogens is 5. The highest BCUT2D eigenvalue weighted by Gasteiger charge is 2.26. The molecular formula is C60H56N5O+. The molecule has 0 bridgehead atoms. The van der Waals surface area contributed by atoms with Crippen LogP contribution in [0.25, 0.3) is 77.5 Å². The van der Waals surface area contributed by atoms with Crippen LogP contribution < -0.4 is 9.30 Å². The lowest BCUT2D eigenvalue weighted by molar-refractivity contribution is -0.567. The maximum atomic E-state index is 9.12. The summed E-state index contributed by atoms with van der Waals surface area (Å²) in [5, 5.41) is 1.67. The van der Waals surface area contributed by atoms with Crippen molar-refractivity contribution < 1.29 is 20.3 Å². The van der Waals surface area contributed by atoms with E-state index in [0.29, 0.717) is 23.0 Å². The van der Waals surface area contributed by atoms with Gasteiger partial charge in [0.2, 0.25) is 0 Å². The summed E-state index contributed by atoms with van der Waals surface area (Å²) in [6.07, 6.45) is 3.96. The van der Waals surface area contributed by atoms with Crippen LogP contribution in [-0.2, 0) is 16.2 Å². The fourth-order valence-corrected chi connectivity index (χ4v) is 9.10. The zero-order valence-electron chi connectivity index (χ0n) is 46.8. The molecule has 0 N–H and O–H groups in total. The predicted octanol–water partition coefficient (Wildman–Crippen LogP) is 15.2. The van der Waals surface area contributed by atoms with E-state index < -0.39 is 24.2 Å². The van der Waals surface area contributed by atoms with Gasteiger partial charge in [-0.2, -0.15) is 9.13 Å². The smallest absolute Gasteiger partial charge is 0.255 e. The monoisotopic (exact) mass is 870 g/mol. The molecule has 0 aliphatic carbocycles. The van der Waals surface area contributed by atoms with Gasteiger partial charge in [0.25, 0.3) is 6.33 Å². The molecule has 0 saturated carbocycles. The van der Waals surface area contributed by atoms with Gasteiger partial charge in [0, 0.05) is 45.6 Å². The van der Waals surface area contributed by atoms with Crippen LogP contribution in [0.5, 0.6) is 11.5 Å². The lowest BCUT2D eigenvalue weighted by atomic mass is 9.80. The first-order valence-corrected chi connectivity index (χ1v) is 22.4. The Balaban J connectivity index is 1.07. The highest BCUT2D eigenvalue weighted by molar-refractivity contribution is 6.12. The van der Waals surface area contributed by atoms with E-state index in [1.165, 1.54) is 11.1 Å². The first-order valence-electron chi connectivity index (χ1n) is 26.4. The Hall–Kier alpha value is -7.44. The Morgan fingerprint density at radius 1 is 0.485 bits per heavy atom. The van der Waals surface area contributed by atoms with Gasteiger partial charge >= 0.3 is 0 Å². The number of benzene rings is 7. The van der Waals surface area contributed by atoms with Crippen LogP contribution in [0.2, 0.25) is 0 Å². The second-order valence-corrected chi connectivity index (χ2v) is 20.4. The van der Waals surface area contributed by atoms with Crippen LogP contribution in [0.3, 0.4) is 0 Å². The van der Waals surface area contributed by atoms with Gasteiger partial charge < -0.3 is 9.30 Å². The van der Waals surface area contributed by atoms with Gasteiger partial charge in [0.15, 0.2) is 11.0 Å². The molecule has 66 heavy (non-hydrogen) atoms. The zero-order valence-corrected chi connectivity index (χ0v) is 38.8. The molecule has 4 aromatic heterocycles. The van der Waals surface area contributed by atoms with E-state index in [2.05, 4.69) is 137 Å². The molecule has 6 heteroatoms. The van der Waals surface area contributed by atoms with E-state index in [1.807, 2.05) is 66.9 Å². The summed E-state index contributed by atoms with van der Waals surface area (Å²) in [6.45, 7) is 20.0. The molecule has 0 saturated heterocycles.